The van der Waals surface area contributed by atoms with E-state index in [0.717, 1.165) is 19.4 Å². The summed E-state index contributed by atoms with van der Waals surface area (Å²) in [6.45, 7) is 6.94. The molecule has 0 aromatic rings. The molecule has 2 heteroatoms. The quantitative estimate of drug-likeness (QED) is 0.681. The molecule has 0 bridgehead atoms. The van der Waals surface area contributed by atoms with Gasteiger partial charge in [0.2, 0.25) is 0 Å². The van der Waals surface area contributed by atoms with E-state index in [1.165, 1.54) is 5.57 Å². The first kappa shape index (κ1) is 10.7. The van der Waals surface area contributed by atoms with Crippen molar-refractivity contribution in [2.75, 3.05) is 6.61 Å². The highest BCUT2D eigenvalue weighted by Crippen LogP contribution is 2.27. The van der Waals surface area contributed by atoms with Crippen molar-refractivity contribution < 1.29 is 9.84 Å². The van der Waals surface area contributed by atoms with Crippen LogP contribution >= 0.6 is 0 Å². The molecule has 0 aromatic carbocycles. The van der Waals surface area contributed by atoms with Crippen LogP contribution in [0.25, 0.3) is 0 Å². The van der Waals surface area contributed by atoms with Gasteiger partial charge in [0.25, 0.3) is 0 Å². The van der Waals surface area contributed by atoms with Gasteiger partial charge in [-0.15, -0.1) is 0 Å². The van der Waals surface area contributed by atoms with Gasteiger partial charge in [-0.2, -0.15) is 0 Å². The van der Waals surface area contributed by atoms with Gasteiger partial charge in [0, 0.05) is 12.5 Å². The fourth-order valence-corrected chi connectivity index (χ4v) is 1.94. The molecule has 13 heavy (non-hydrogen) atoms. The van der Waals surface area contributed by atoms with E-state index in [0.29, 0.717) is 5.92 Å². The molecule has 1 saturated heterocycles. The van der Waals surface area contributed by atoms with Crippen molar-refractivity contribution in [1.29, 1.82) is 0 Å². The summed E-state index contributed by atoms with van der Waals surface area (Å²) >= 11 is 0. The van der Waals surface area contributed by atoms with Crippen molar-refractivity contribution in [3.63, 3.8) is 0 Å². The largest absolute Gasteiger partial charge is 0.389 e. The van der Waals surface area contributed by atoms with Crippen LogP contribution in [0.5, 0.6) is 0 Å². The fraction of sp³-hybridized carbons (Fsp3) is 0.818. The van der Waals surface area contributed by atoms with E-state index < -0.39 is 0 Å². The molecule has 0 saturated carbocycles. The standard InChI is InChI=1S/C11H20O2/c1-4-11-9(5-6-13-11)10(12)7-8(2)3/h7,9-12H,4-6H2,1-3H3. The van der Waals surface area contributed by atoms with Crippen LogP contribution < -0.4 is 0 Å². The van der Waals surface area contributed by atoms with E-state index in [2.05, 4.69) is 6.92 Å². The first-order valence-electron chi connectivity index (χ1n) is 5.09. The number of aliphatic hydroxyl groups excluding tert-OH is 1. The summed E-state index contributed by atoms with van der Waals surface area (Å²) in [6, 6.07) is 0. The highest BCUT2D eigenvalue weighted by Gasteiger charge is 2.31. The molecule has 1 fully saturated rings. The van der Waals surface area contributed by atoms with Gasteiger partial charge in [-0.3, -0.25) is 0 Å². The number of aliphatic hydroxyl groups is 1. The molecule has 1 aliphatic rings. The molecule has 0 amide bonds. The average Bonchev–Trinajstić information content (AvgIpc) is 2.49. The number of allylic oxidation sites excluding steroid dienone is 1. The van der Waals surface area contributed by atoms with E-state index in [1.54, 1.807) is 0 Å². The van der Waals surface area contributed by atoms with E-state index in [9.17, 15) is 5.11 Å². The predicted octanol–water partition coefficient (Wildman–Crippen LogP) is 2.13. The van der Waals surface area contributed by atoms with Gasteiger partial charge in [-0.05, 0) is 26.7 Å². The Morgan fingerprint density at radius 1 is 1.62 bits per heavy atom. The molecule has 76 valence electrons. The van der Waals surface area contributed by atoms with E-state index in [-0.39, 0.29) is 12.2 Å². The van der Waals surface area contributed by atoms with Crippen molar-refractivity contribution in [3.8, 4) is 0 Å². The molecule has 1 N–H and O–H groups in total. The van der Waals surface area contributed by atoms with Crippen LogP contribution in [0.3, 0.4) is 0 Å². The van der Waals surface area contributed by atoms with Crippen LogP contribution in [-0.4, -0.2) is 23.9 Å². The third-order valence-corrected chi connectivity index (χ3v) is 2.61. The van der Waals surface area contributed by atoms with Crippen LogP contribution in [0.4, 0.5) is 0 Å². The lowest BCUT2D eigenvalue weighted by Gasteiger charge is -2.20. The van der Waals surface area contributed by atoms with Gasteiger partial charge < -0.3 is 9.84 Å². The van der Waals surface area contributed by atoms with Gasteiger partial charge in [-0.1, -0.05) is 18.6 Å². The van der Waals surface area contributed by atoms with Crippen LogP contribution in [0.2, 0.25) is 0 Å². The average molecular weight is 184 g/mol. The minimum Gasteiger partial charge on any atom is -0.389 e. The minimum atomic E-state index is -0.322. The third kappa shape index (κ3) is 2.82. The molecule has 1 heterocycles. The lowest BCUT2D eigenvalue weighted by Crippen LogP contribution is -2.26. The van der Waals surface area contributed by atoms with Crippen LogP contribution in [-0.2, 0) is 4.74 Å². The Morgan fingerprint density at radius 2 is 2.31 bits per heavy atom. The first-order valence-corrected chi connectivity index (χ1v) is 5.09. The number of ether oxygens (including phenoxy) is 1. The van der Waals surface area contributed by atoms with E-state index in [1.807, 2.05) is 19.9 Å². The minimum absolute atomic E-state index is 0.255. The maximum atomic E-state index is 9.86. The van der Waals surface area contributed by atoms with Crippen molar-refractivity contribution in [2.24, 2.45) is 5.92 Å². The van der Waals surface area contributed by atoms with Crippen LogP contribution in [0, 0.1) is 5.92 Å². The molecule has 0 aromatic heterocycles. The Kier molecular flexibility index (Phi) is 3.94. The molecule has 0 spiro atoms. The summed E-state index contributed by atoms with van der Waals surface area (Å²) in [4.78, 5) is 0. The normalized spacial score (nSPS) is 30.2. The summed E-state index contributed by atoms with van der Waals surface area (Å²) in [7, 11) is 0. The summed E-state index contributed by atoms with van der Waals surface area (Å²) in [5.74, 6) is 0.305. The molecular weight excluding hydrogens is 164 g/mol. The van der Waals surface area contributed by atoms with Gasteiger partial charge in [0.15, 0.2) is 0 Å². The Hall–Kier alpha value is -0.340. The topological polar surface area (TPSA) is 29.5 Å². The molecular formula is C11H20O2. The Bertz CT molecular complexity index is 183. The second-order valence-electron chi connectivity index (χ2n) is 4.00. The SMILES string of the molecule is CCC1OCCC1C(O)C=C(C)C. The van der Waals surface area contributed by atoms with Gasteiger partial charge in [0.05, 0.1) is 12.2 Å². The molecule has 1 aliphatic heterocycles. The maximum absolute atomic E-state index is 9.86. The van der Waals surface area contributed by atoms with E-state index >= 15 is 0 Å². The number of hydrogen-bond donors (Lipinski definition) is 1. The molecule has 3 unspecified atom stereocenters. The van der Waals surface area contributed by atoms with Gasteiger partial charge >= 0.3 is 0 Å². The highest BCUT2D eigenvalue weighted by atomic mass is 16.5. The molecule has 2 nitrogen and oxygen atoms in total. The zero-order valence-electron chi connectivity index (χ0n) is 8.79. The summed E-state index contributed by atoms with van der Waals surface area (Å²) < 4.78 is 5.53. The molecule has 1 rings (SSSR count). The molecule has 3 atom stereocenters. The lowest BCUT2D eigenvalue weighted by atomic mass is 9.92. The summed E-state index contributed by atoms with van der Waals surface area (Å²) in [5, 5.41) is 9.86. The second-order valence-corrected chi connectivity index (χ2v) is 4.00. The smallest absolute Gasteiger partial charge is 0.0777 e. The van der Waals surface area contributed by atoms with Crippen molar-refractivity contribution in [3.05, 3.63) is 11.6 Å². The third-order valence-electron chi connectivity index (χ3n) is 2.61. The van der Waals surface area contributed by atoms with Crippen molar-refractivity contribution in [2.45, 2.75) is 45.8 Å². The zero-order valence-corrected chi connectivity index (χ0v) is 8.79. The van der Waals surface area contributed by atoms with Crippen LogP contribution in [0.15, 0.2) is 11.6 Å². The van der Waals surface area contributed by atoms with Crippen molar-refractivity contribution >= 4 is 0 Å². The summed E-state index contributed by atoms with van der Waals surface area (Å²) in [5.41, 5.74) is 1.18. The molecule has 0 radical (unpaired) electrons. The zero-order chi connectivity index (χ0) is 9.84. The highest BCUT2D eigenvalue weighted by molar-refractivity contribution is 5.01. The van der Waals surface area contributed by atoms with E-state index in [4.69, 9.17) is 4.74 Å². The maximum Gasteiger partial charge on any atom is 0.0777 e. The second kappa shape index (κ2) is 4.77. The number of hydrogen-bond acceptors (Lipinski definition) is 2. The van der Waals surface area contributed by atoms with Gasteiger partial charge in [0.1, 0.15) is 0 Å². The van der Waals surface area contributed by atoms with Crippen LogP contribution in [0.1, 0.15) is 33.6 Å². The Balaban J connectivity index is 2.55. The Morgan fingerprint density at radius 3 is 2.85 bits per heavy atom. The van der Waals surface area contributed by atoms with Crippen molar-refractivity contribution in [1.82, 2.24) is 0 Å². The summed E-state index contributed by atoms with van der Waals surface area (Å²) in [6.07, 6.45) is 3.85. The number of rotatable bonds is 3. The first-order chi connectivity index (χ1) is 6.15. The Labute approximate surface area is 80.6 Å². The lowest BCUT2D eigenvalue weighted by molar-refractivity contribution is 0.0492. The fourth-order valence-electron chi connectivity index (χ4n) is 1.94. The van der Waals surface area contributed by atoms with Gasteiger partial charge in [-0.25, -0.2) is 0 Å². The monoisotopic (exact) mass is 184 g/mol. The predicted molar refractivity (Wildman–Crippen MR) is 53.6 cm³/mol. The molecule has 0 aliphatic carbocycles.